The Morgan fingerprint density at radius 3 is 1.89 bits per heavy atom. The molecule has 0 saturated heterocycles. The molecule has 0 spiro atoms. The van der Waals surface area contributed by atoms with E-state index in [0.29, 0.717) is 0 Å². The zero-order chi connectivity index (χ0) is 14.0. The molecule has 4 nitrogen and oxygen atoms in total. The van der Waals surface area contributed by atoms with Crippen LogP contribution in [0.3, 0.4) is 0 Å². The average molecular weight is 400 g/mol. The first-order valence-corrected chi connectivity index (χ1v) is 4.51. The molecule has 0 atom stereocenters. The second-order valence-corrected chi connectivity index (χ2v) is 3.16. The van der Waals surface area contributed by atoms with Crippen molar-refractivity contribution < 1.29 is 106 Å². The summed E-state index contributed by atoms with van der Waals surface area (Å²) in [5.41, 5.74) is 0. The molecule has 1 aromatic rings. The van der Waals surface area contributed by atoms with Gasteiger partial charge in [0.2, 0.25) is 0 Å². The molecular formula is C10H7CsF4O4. The van der Waals surface area contributed by atoms with Crippen LogP contribution in [0.2, 0.25) is 0 Å². The summed E-state index contributed by atoms with van der Waals surface area (Å²) < 4.78 is 59.4. The van der Waals surface area contributed by atoms with Gasteiger partial charge in [-0.3, -0.25) is 0 Å². The van der Waals surface area contributed by atoms with Crippen LogP contribution in [0.15, 0.2) is 24.3 Å². The third-order valence-corrected chi connectivity index (χ3v) is 1.93. The van der Waals surface area contributed by atoms with E-state index in [2.05, 4.69) is 4.74 Å². The molecule has 1 aromatic carbocycles. The molecule has 0 bridgehead atoms. The van der Waals surface area contributed by atoms with Crippen molar-refractivity contribution in [3.63, 3.8) is 0 Å². The van der Waals surface area contributed by atoms with E-state index in [4.69, 9.17) is 4.74 Å². The molecule has 0 heterocycles. The third kappa shape index (κ3) is 4.53. The molecule has 0 fully saturated rings. The van der Waals surface area contributed by atoms with Gasteiger partial charge in [0, 0.05) is 0 Å². The number of ether oxygens (including phenoxy) is 2. The van der Waals surface area contributed by atoms with Crippen LogP contribution in [-0.4, -0.2) is 25.1 Å². The number of rotatable bonds is 5. The van der Waals surface area contributed by atoms with Crippen molar-refractivity contribution in [1.29, 1.82) is 0 Å². The summed E-state index contributed by atoms with van der Waals surface area (Å²) in [5.74, 6) is -9.01. The molecule has 100 valence electrons. The normalized spacial score (nSPS) is 11.4. The predicted molar refractivity (Wildman–Crippen MR) is 48.5 cm³/mol. The van der Waals surface area contributed by atoms with E-state index in [0.717, 1.165) is 12.1 Å². The van der Waals surface area contributed by atoms with Crippen molar-refractivity contribution in [3.8, 4) is 11.5 Å². The Bertz CT molecular complexity index is 436. The maximum atomic E-state index is 12.9. The molecule has 0 amide bonds. The minimum atomic E-state index is -5.44. The van der Waals surface area contributed by atoms with Gasteiger partial charge in [0.1, 0.15) is 17.5 Å². The van der Waals surface area contributed by atoms with E-state index >= 15 is 0 Å². The molecule has 0 aliphatic carbocycles. The molecule has 9 heteroatoms. The molecule has 0 aliphatic rings. The fraction of sp³-hybridized carbons (Fsp3) is 0.300. The number of carboxylic acid groups (broad SMARTS) is 1. The molecule has 0 N–H and O–H groups in total. The van der Waals surface area contributed by atoms with Gasteiger partial charge in [-0.05, 0) is 24.3 Å². The van der Waals surface area contributed by atoms with Crippen LogP contribution in [0.4, 0.5) is 17.6 Å². The summed E-state index contributed by atoms with van der Waals surface area (Å²) in [4.78, 5) is 9.92. The predicted octanol–water partition coefficient (Wildman–Crippen LogP) is -1.94. The SMILES string of the molecule is COc1ccc(OC(F)(F)C(F)(F)C(=O)[O-])cc1.[Cs+]. The summed E-state index contributed by atoms with van der Waals surface area (Å²) in [6, 6.07) is 4.22. The Morgan fingerprint density at radius 1 is 1.11 bits per heavy atom. The molecule has 0 unspecified atom stereocenters. The van der Waals surface area contributed by atoms with E-state index in [1.165, 1.54) is 19.2 Å². The number of halogens is 4. The number of carboxylic acids is 1. The van der Waals surface area contributed by atoms with Crippen molar-refractivity contribution in [2.45, 2.75) is 12.0 Å². The summed E-state index contributed by atoms with van der Waals surface area (Å²) in [5, 5.41) is 9.92. The minimum Gasteiger partial charge on any atom is -0.544 e. The number of carbonyl (C=O) groups excluding carboxylic acids is 1. The summed E-state index contributed by atoms with van der Waals surface area (Å²) in [6.07, 6.45) is -5.22. The molecular weight excluding hydrogens is 393 g/mol. The number of hydrogen-bond acceptors (Lipinski definition) is 4. The Balaban J connectivity index is 0.00000324. The quantitative estimate of drug-likeness (QED) is 0.540. The first kappa shape index (κ1) is 19.1. The summed E-state index contributed by atoms with van der Waals surface area (Å²) in [6.45, 7) is 0. The van der Waals surface area contributed by atoms with E-state index < -0.39 is 23.7 Å². The van der Waals surface area contributed by atoms with Gasteiger partial charge in [0.05, 0.1) is 7.11 Å². The fourth-order valence-electron chi connectivity index (χ4n) is 0.975. The molecule has 1 rings (SSSR count). The van der Waals surface area contributed by atoms with Crippen LogP contribution in [0.5, 0.6) is 11.5 Å². The smallest absolute Gasteiger partial charge is 0.544 e. The number of alkyl halides is 4. The topological polar surface area (TPSA) is 58.6 Å². The number of methoxy groups -OCH3 is 1. The maximum absolute atomic E-state index is 12.9. The van der Waals surface area contributed by atoms with Gasteiger partial charge in [-0.2, -0.15) is 17.6 Å². The van der Waals surface area contributed by atoms with Crippen molar-refractivity contribution in [3.05, 3.63) is 24.3 Å². The van der Waals surface area contributed by atoms with Crippen LogP contribution >= 0.6 is 0 Å². The van der Waals surface area contributed by atoms with Crippen molar-refractivity contribution in [2.75, 3.05) is 7.11 Å². The maximum Gasteiger partial charge on any atom is 1.00 e. The number of hydrogen-bond donors (Lipinski definition) is 0. The van der Waals surface area contributed by atoms with Crippen LogP contribution < -0.4 is 83.5 Å². The second kappa shape index (κ2) is 7.18. The largest absolute Gasteiger partial charge is 1.00 e. The van der Waals surface area contributed by atoms with E-state index in [9.17, 15) is 27.5 Å². The first-order chi connectivity index (χ1) is 8.20. The summed E-state index contributed by atoms with van der Waals surface area (Å²) in [7, 11) is 1.31. The standard InChI is InChI=1S/C10H8F4O4.Cs/c1-17-6-2-4-7(5-3-6)18-10(13,14)9(11,12)8(15)16;/h2-5H,1H3,(H,15,16);/q;+1/p-1. The number of aliphatic carboxylic acids is 1. The van der Waals surface area contributed by atoms with Gasteiger partial charge >= 0.3 is 80.9 Å². The van der Waals surface area contributed by atoms with Crippen molar-refractivity contribution in [1.82, 2.24) is 0 Å². The van der Waals surface area contributed by atoms with Crippen LogP contribution in [0, 0.1) is 0 Å². The van der Waals surface area contributed by atoms with E-state index in [1.807, 2.05) is 0 Å². The first-order valence-electron chi connectivity index (χ1n) is 4.51. The Labute approximate surface area is 164 Å². The zero-order valence-corrected chi connectivity index (χ0v) is 16.2. The van der Waals surface area contributed by atoms with Gasteiger partial charge in [0.15, 0.2) is 0 Å². The van der Waals surface area contributed by atoms with Gasteiger partial charge in [-0.15, -0.1) is 0 Å². The Kier molecular flexibility index (Phi) is 7.20. The van der Waals surface area contributed by atoms with Crippen LogP contribution in [0.25, 0.3) is 0 Å². The van der Waals surface area contributed by atoms with E-state index in [-0.39, 0.29) is 74.6 Å². The zero-order valence-electron chi connectivity index (χ0n) is 9.95. The fourth-order valence-corrected chi connectivity index (χ4v) is 0.975. The molecule has 19 heavy (non-hydrogen) atoms. The van der Waals surface area contributed by atoms with Gasteiger partial charge < -0.3 is 19.4 Å². The van der Waals surface area contributed by atoms with Crippen LogP contribution in [0.1, 0.15) is 0 Å². The van der Waals surface area contributed by atoms with Crippen molar-refractivity contribution in [2.24, 2.45) is 0 Å². The average Bonchev–Trinajstić information content (AvgIpc) is 2.29. The second-order valence-electron chi connectivity index (χ2n) is 3.16. The Hall–Kier alpha value is 0.0619. The molecule has 0 aromatic heterocycles. The molecule has 0 aliphatic heterocycles. The third-order valence-electron chi connectivity index (χ3n) is 1.93. The van der Waals surface area contributed by atoms with Crippen LogP contribution in [-0.2, 0) is 4.79 Å². The molecule has 0 saturated carbocycles. The van der Waals surface area contributed by atoms with Gasteiger partial charge in [0.25, 0.3) is 0 Å². The Morgan fingerprint density at radius 2 is 1.53 bits per heavy atom. The number of carbonyl (C=O) groups is 1. The molecule has 0 radical (unpaired) electrons. The minimum absolute atomic E-state index is 0. The number of benzene rings is 1. The van der Waals surface area contributed by atoms with Crippen molar-refractivity contribution >= 4 is 5.97 Å². The van der Waals surface area contributed by atoms with E-state index in [1.54, 1.807) is 0 Å². The summed E-state index contributed by atoms with van der Waals surface area (Å²) >= 11 is 0. The van der Waals surface area contributed by atoms with Gasteiger partial charge in [-0.1, -0.05) is 0 Å². The van der Waals surface area contributed by atoms with Gasteiger partial charge in [-0.25, -0.2) is 0 Å². The monoisotopic (exact) mass is 400 g/mol.